The van der Waals surface area contributed by atoms with Crippen molar-refractivity contribution in [2.45, 2.75) is 32.2 Å². The third kappa shape index (κ3) is 3.24. The van der Waals surface area contributed by atoms with Crippen molar-refractivity contribution in [1.29, 1.82) is 0 Å². The summed E-state index contributed by atoms with van der Waals surface area (Å²) in [5.41, 5.74) is 7.96. The Hall–Kier alpha value is -1.06. The van der Waals surface area contributed by atoms with Crippen molar-refractivity contribution >= 4 is 18.3 Å². The number of rotatable bonds is 2. The van der Waals surface area contributed by atoms with Crippen LogP contribution in [0.5, 0.6) is 0 Å². The van der Waals surface area contributed by atoms with Gasteiger partial charge in [0.2, 0.25) is 5.91 Å². The SMILES string of the molecule is Cc1ccc(C2CCCCN2C(=O)CN)cc1.Cl. The highest BCUT2D eigenvalue weighted by atomic mass is 35.5. The lowest BCUT2D eigenvalue weighted by atomic mass is 9.94. The van der Waals surface area contributed by atoms with Crippen LogP contribution < -0.4 is 5.73 Å². The van der Waals surface area contributed by atoms with E-state index in [1.165, 1.54) is 17.5 Å². The number of hydrogen-bond donors (Lipinski definition) is 1. The van der Waals surface area contributed by atoms with Crippen LogP contribution in [-0.4, -0.2) is 23.9 Å². The maximum Gasteiger partial charge on any atom is 0.236 e. The first-order chi connectivity index (χ1) is 8.22. The van der Waals surface area contributed by atoms with E-state index in [4.69, 9.17) is 5.73 Å². The van der Waals surface area contributed by atoms with Crippen molar-refractivity contribution in [2.75, 3.05) is 13.1 Å². The predicted molar refractivity (Wildman–Crippen MR) is 75.8 cm³/mol. The van der Waals surface area contributed by atoms with Gasteiger partial charge in [-0.05, 0) is 31.7 Å². The van der Waals surface area contributed by atoms with Crippen LogP contribution in [0.2, 0.25) is 0 Å². The van der Waals surface area contributed by atoms with Crippen LogP contribution in [0.4, 0.5) is 0 Å². The van der Waals surface area contributed by atoms with Gasteiger partial charge in [-0.1, -0.05) is 29.8 Å². The van der Waals surface area contributed by atoms with E-state index in [9.17, 15) is 4.79 Å². The van der Waals surface area contributed by atoms with Gasteiger partial charge in [-0.25, -0.2) is 0 Å². The van der Waals surface area contributed by atoms with Crippen LogP contribution in [0, 0.1) is 6.92 Å². The molecule has 1 aliphatic heterocycles. The van der Waals surface area contributed by atoms with E-state index in [2.05, 4.69) is 31.2 Å². The molecule has 0 spiro atoms. The van der Waals surface area contributed by atoms with Gasteiger partial charge in [-0.2, -0.15) is 0 Å². The normalized spacial score (nSPS) is 19.2. The van der Waals surface area contributed by atoms with Crippen molar-refractivity contribution in [3.63, 3.8) is 0 Å². The molecule has 1 amide bonds. The molecule has 1 unspecified atom stereocenters. The number of aryl methyl sites for hydroxylation is 1. The first-order valence-electron chi connectivity index (χ1n) is 6.28. The van der Waals surface area contributed by atoms with Gasteiger partial charge in [0.25, 0.3) is 0 Å². The largest absolute Gasteiger partial charge is 0.335 e. The second-order valence-corrected chi connectivity index (χ2v) is 4.71. The van der Waals surface area contributed by atoms with Crippen LogP contribution in [0.25, 0.3) is 0 Å². The molecule has 1 atom stereocenters. The zero-order valence-corrected chi connectivity index (χ0v) is 11.6. The summed E-state index contributed by atoms with van der Waals surface area (Å²) < 4.78 is 0. The Balaban J connectivity index is 0.00000162. The van der Waals surface area contributed by atoms with Gasteiger partial charge < -0.3 is 10.6 Å². The van der Waals surface area contributed by atoms with E-state index in [0.29, 0.717) is 0 Å². The lowest BCUT2D eigenvalue weighted by Crippen LogP contribution is -2.41. The molecule has 2 rings (SSSR count). The number of halogens is 1. The molecule has 0 aliphatic carbocycles. The Bertz CT molecular complexity index is 391. The number of likely N-dealkylation sites (tertiary alicyclic amines) is 1. The summed E-state index contributed by atoms with van der Waals surface area (Å²) in [7, 11) is 0. The first-order valence-corrected chi connectivity index (χ1v) is 6.28. The highest BCUT2D eigenvalue weighted by Crippen LogP contribution is 2.30. The molecule has 0 radical (unpaired) electrons. The predicted octanol–water partition coefficient (Wildman–Crippen LogP) is 2.43. The number of amides is 1. The highest BCUT2D eigenvalue weighted by molar-refractivity contribution is 5.85. The van der Waals surface area contributed by atoms with Crippen molar-refractivity contribution < 1.29 is 4.79 Å². The number of piperidine rings is 1. The maximum atomic E-state index is 11.8. The van der Waals surface area contributed by atoms with Crippen LogP contribution in [0.15, 0.2) is 24.3 Å². The number of nitrogens with two attached hydrogens (primary N) is 1. The van der Waals surface area contributed by atoms with E-state index >= 15 is 0 Å². The number of carbonyl (C=O) groups excluding carboxylic acids is 1. The monoisotopic (exact) mass is 268 g/mol. The summed E-state index contributed by atoms with van der Waals surface area (Å²) in [6, 6.07) is 8.69. The molecule has 1 saturated heterocycles. The molecule has 1 fully saturated rings. The smallest absolute Gasteiger partial charge is 0.236 e. The minimum absolute atomic E-state index is 0. The fourth-order valence-electron chi connectivity index (χ4n) is 2.48. The zero-order chi connectivity index (χ0) is 12.3. The second kappa shape index (κ2) is 6.76. The number of hydrogen-bond acceptors (Lipinski definition) is 2. The van der Waals surface area contributed by atoms with Gasteiger partial charge >= 0.3 is 0 Å². The second-order valence-electron chi connectivity index (χ2n) is 4.71. The molecule has 1 aromatic rings. The molecule has 1 aliphatic rings. The maximum absolute atomic E-state index is 11.8. The standard InChI is InChI=1S/C14H20N2O.ClH/c1-11-5-7-12(8-6-11)13-4-2-3-9-16(13)14(17)10-15;/h5-8,13H,2-4,9-10,15H2,1H3;1H. The van der Waals surface area contributed by atoms with E-state index in [0.717, 1.165) is 19.4 Å². The zero-order valence-electron chi connectivity index (χ0n) is 10.8. The molecule has 0 saturated carbocycles. The topological polar surface area (TPSA) is 46.3 Å². The van der Waals surface area contributed by atoms with Crippen LogP contribution in [0.1, 0.15) is 36.4 Å². The fraction of sp³-hybridized carbons (Fsp3) is 0.500. The van der Waals surface area contributed by atoms with Crippen molar-refractivity contribution in [3.8, 4) is 0 Å². The van der Waals surface area contributed by atoms with E-state index in [-0.39, 0.29) is 30.9 Å². The number of benzene rings is 1. The van der Waals surface area contributed by atoms with E-state index in [1.807, 2.05) is 4.90 Å². The van der Waals surface area contributed by atoms with Gasteiger partial charge in [0.1, 0.15) is 0 Å². The summed E-state index contributed by atoms with van der Waals surface area (Å²) in [6.45, 7) is 3.03. The first kappa shape index (κ1) is 15.0. The molecular formula is C14H21ClN2O. The molecule has 0 bridgehead atoms. The van der Waals surface area contributed by atoms with Crippen LogP contribution >= 0.6 is 12.4 Å². The Labute approximate surface area is 115 Å². The molecule has 0 aromatic heterocycles. The Morgan fingerprint density at radius 3 is 2.61 bits per heavy atom. The molecular weight excluding hydrogens is 248 g/mol. The summed E-state index contributed by atoms with van der Waals surface area (Å²) in [5, 5.41) is 0. The van der Waals surface area contributed by atoms with Crippen LogP contribution in [-0.2, 0) is 4.79 Å². The minimum Gasteiger partial charge on any atom is -0.335 e. The Morgan fingerprint density at radius 1 is 1.33 bits per heavy atom. The van der Waals surface area contributed by atoms with Crippen LogP contribution in [0.3, 0.4) is 0 Å². The number of nitrogens with zero attached hydrogens (tertiary/aromatic N) is 1. The van der Waals surface area contributed by atoms with E-state index in [1.54, 1.807) is 0 Å². The Kier molecular flexibility index (Phi) is 5.63. The molecule has 1 aromatic carbocycles. The summed E-state index contributed by atoms with van der Waals surface area (Å²) in [4.78, 5) is 13.8. The molecule has 18 heavy (non-hydrogen) atoms. The van der Waals surface area contributed by atoms with Crippen molar-refractivity contribution in [1.82, 2.24) is 4.90 Å². The molecule has 1 heterocycles. The van der Waals surface area contributed by atoms with Gasteiger partial charge in [0.15, 0.2) is 0 Å². The van der Waals surface area contributed by atoms with Crippen molar-refractivity contribution in [3.05, 3.63) is 35.4 Å². The quantitative estimate of drug-likeness (QED) is 0.895. The highest BCUT2D eigenvalue weighted by Gasteiger charge is 2.26. The molecule has 2 N–H and O–H groups in total. The third-order valence-electron chi connectivity index (χ3n) is 3.46. The van der Waals surface area contributed by atoms with Gasteiger partial charge in [-0.15, -0.1) is 12.4 Å². The number of carbonyl (C=O) groups is 1. The van der Waals surface area contributed by atoms with Gasteiger partial charge in [-0.3, -0.25) is 4.79 Å². The van der Waals surface area contributed by atoms with Gasteiger partial charge in [0.05, 0.1) is 12.6 Å². The summed E-state index contributed by atoms with van der Waals surface area (Å²) in [6.07, 6.45) is 3.33. The van der Waals surface area contributed by atoms with Gasteiger partial charge in [0, 0.05) is 6.54 Å². The van der Waals surface area contributed by atoms with E-state index < -0.39 is 0 Å². The molecule has 100 valence electrons. The lowest BCUT2D eigenvalue weighted by Gasteiger charge is -2.36. The average Bonchev–Trinajstić information content (AvgIpc) is 2.39. The average molecular weight is 269 g/mol. The third-order valence-corrected chi connectivity index (χ3v) is 3.46. The molecule has 3 nitrogen and oxygen atoms in total. The fourth-order valence-corrected chi connectivity index (χ4v) is 2.48. The minimum atomic E-state index is 0. The molecule has 4 heteroatoms. The summed E-state index contributed by atoms with van der Waals surface area (Å²) >= 11 is 0. The van der Waals surface area contributed by atoms with Crippen molar-refractivity contribution in [2.24, 2.45) is 5.73 Å². The summed E-state index contributed by atoms with van der Waals surface area (Å²) in [5.74, 6) is 0.0651. The lowest BCUT2D eigenvalue weighted by molar-refractivity contribution is -0.133. The Morgan fingerprint density at radius 2 is 2.00 bits per heavy atom.